The molecule has 1 aliphatic rings. The van der Waals surface area contributed by atoms with E-state index in [-0.39, 0.29) is 11.8 Å². The number of hydrogen-bond donors (Lipinski definition) is 0. The number of fused-ring (bicyclic) bond motifs is 1. The minimum Gasteiger partial charge on any atom is -0.490 e. The molecule has 0 amide bonds. The molecule has 1 aromatic heterocycles. The van der Waals surface area contributed by atoms with Crippen molar-refractivity contribution < 1.29 is 9.53 Å². The number of Topliss-reactive ketones (excluding diaryl/α,β-unsaturated/α-hetero) is 1. The van der Waals surface area contributed by atoms with Gasteiger partial charge in [0.2, 0.25) is 0 Å². The summed E-state index contributed by atoms with van der Waals surface area (Å²) in [6.45, 7) is 0.367. The molecular weight excluding hydrogens is 204 g/mol. The molecule has 4 heteroatoms. The SMILES string of the molecule is O=C1c2ccccc2OCC1n1ccnc1. The molecule has 2 aromatic rings. The number of para-hydroxylation sites is 1. The van der Waals surface area contributed by atoms with Gasteiger partial charge in [0.25, 0.3) is 0 Å². The van der Waals surface area contributed by atoms with Crippen LogP contribution in [0.4, 0.5) is 0 Å². The second-order valence-corrected chi connectivity index (χ2v) is 3.70. The molecule has 1 atom stereocenters. The highest BCUT2D eigenvalue weighted by Crippen LogP contribution is 2.28. The molecule has 0 radical (unpaired) electrons. The van der Waals surface area contributed by atoms with Crippen molar-refractivity contribution >= 4 is 5.78 Å². The largest absolute Gasteiger partial charge is 0.490 e. The smallest absolute Gasteiger partial charge is 0.192 e. The zero-order valence-electron chi connectivity index (χ0n) is 8.54. The summed E-state index contributed by atoms with van der Waals surface area (Å²) in [5.74, 6) is 0.753. The Hall–Kier alpha value is -2.10. The topological polar surface area (TPSA) is 44.1 Å². The fraction of sp³-hybridized carbons (Fsp3) is 0.167. The predicted molar refractivity (Wildman–Crippen MR) is 57.5 cm³/mol. The van der Waals surface area contributed by atoms with E-state index in [2.05, 4.69) is 4.98 Å². The second kappa shape index (κ2) is 3.48. The summed E-state index contributed by atoms with van der Waals surface area (Å²) in [6.07, 6.45) is 5.08. The zero-order valence-corrected chi connectivity index (χ0v) is 8.54. The van der Waals surface area contributed by atoms with Gasteiger partial charge in [-0.2, -0.15) is 0 Å². The molecule has 0 saturated carbocycles. The molecular formula is C12H10N2O2. The van der Waals surface area contributed by atoms with Crippen LogP contribution in [0, 0.1) is 0 Å². The molecule has 3 rings (SSSR count). The van der Waals surface area contributed by atoms with E-state index >= 15 is 0 Å². The Balaban J connectivity index is 2.01. The van der Waals surface area contributed by atoms with Crippen LogP contribution in [0.3, 0.4) is 0 Å². The second-order valence-electron chi connectivity index (χ2n) is 3.70. The normalized spacial score (nSPS) is 19.0. The number of imidazole rings is 1. The van der Waals surface area contributed by atoms with Crippen molar-refractivity contribution in [2.45, 2.75) is 6.04 Å². The Morgan fingerprint density at radius 1 is 1.38 bits per heavy atom. The third-order valence-electron chi connectivity index (χ3n) is 2.74. The quantitative estimate of drug-likeness (QED) is 0.725. The van der Waals surface area contributed by atoms with Gasteiger partial charge in [0.1, 0.15) is 18.4 Å². The molecule has 16 heavy (non-hydrogen) atoms. The van der Waals surface area contributed by atoms with E-state index in [9.17, 15) is 4.79 Å². The van der Waals surface area contributed by atoms with Gasteiger partial charge in [-0.25, -0.2) is 4.98 Å². The summed E-state index contributed by atoms with van der Waals surface area (Å²) >= 11 is 0. The van der Waals surface area contributed by atoms with Gasteiger partial charge < -0.3 is 9.30 Å². The van der Waals surface area contributed by atoms with Gasteiger partial charge in [0.15, 0.2) is 5.78 Å². The van der Waals surface area contributed by atoms with Gasteiger partial charge in [-0.1, -0.05) is 12.1 Å². The van der Waals surface area contributed by atoms with E-state index in [0.29, 0.717) is 17.9 Å². The Morgan fingerprint density at radius 2 is 2.25 bits per heavy atom. The van der Waals surface area contributed by atoms with Crippen molar-refractivity contribution in [1.29, 1.82) is 0 Å². The van der Waals surface area contributed by atoms with Gasteiger partial charge in [-0.15, -0.1) is 0 Å². The summed E-state index contributed by atoms with van der Waals surface area (Å²) in [4.78, 5) is 16.1. The standard InChI is InChI=1S/C12H10N2O2/c15-12-9-3-1-2-4-11(9)16-7-10(12)14-6-5-13-8-14/h1-6,8,10H,7H2. The first-order chi connectivity index (χ1) is 7.86. The van der Waals surface area contributed by atoms with Crippen molar-refractivity contribution in [3.05, 3.63) is 48.5 Å². The highest BCUT2D eigenvalue weighted by Gasteiger charge is 2.29. The first-order valence-electron chi connectivity index (χ1n) is 5.10. The maximum absolute atomic E-state index is 12.2. The molecule has 1 aliphatic heterocycles. The first-order valence-corrected chi connectivity index (χ1v) is 5.10. The number of hydrogen-bond acceptors (Lipinski definition) is 3. The van der Waals surface area contributed by atoms with Gasteiger partial charge >= 0.3 is 0 Å². The van der Waals surface area contributed by atoms with E-state index < -0.39 is 0 Å². The van der Waals surface area contributed by atoms with Crippen molar-refractivity contribution in [2.24, 2.45) is 0 Å². The van der Waals surface area contributed by atoms with Crippen LogP contribution >= 0.6 is 0 Å². The highest BCUT2D eigenvalue weighted by molar-refractivity contribution is 6.02. The molecule has 1 unspecified atom stereocenters. The number of carbonyl (C=O) groups is 1. The molecule has 0 N–H and O–H groups in total. The van der Waals surface area contributed by atoms with Crippen molar-refractivity contribution in [3.63, 3.8) is 0 Å². The lowest BCUT2D eigenvalue weighted by Gasteiger charge is -2.24. The molecule has 2 heterocycles. The van der Waals surface area contributed by atoms with Crippen LogP contribution in [0.2, 0.25) is 0 Å². The number of carbonyl (C=O) groups excluding carboxylic acids is 1. The number of ether oxygens (including phenoxy) is 1. The first kappa shape index (κ1) is 9.15. The maximum Gasteiger partial charge on any atom is 0.192 e. The number of aromatic nitrogens is 2. The average molecular weight is 214 g/mol. The molecule has 4 nitrogen and oxygen atoms in total. The number of benzene rings is 1. The monoisotopic (exact) mass is 214 g/mol. The summed E-state index contributed by atoms with van der Waals surface area (Å²) in [5, 5.41) is 0. The Morgan fingerprint density at radius 3 is 3.06 bits per heavy atom. The third kappa shape index (κ3) is 1.31. The summed E-state index contributed by atoms with van der Waals surface area (Å²) in [7, 11) is 0. The van der Waals surface area contributed by atoms with E-state index in [1.807, 2.05) is 18.2 Å². The lowest BCUT2D eigenvalue weighted by Crippen LogP contribution is -2.29. The van der Waals surface area contributed by atoms with Crippen LogP contribution < -0.4 is 4.74 Å². The Kier molecular flexibility index (Phi) is 1.99. The predicted octanol–water partition coefficient (Wildman–Crippen LogP) is 1.70. The summed E-state index contributed by atoms with van der Waals surface area (Å²) in [5.41, 5.74) is 0.646. The average Bonchev–Trinajstić information content (AvgIpc) is 2.83. The van der Waals surface area contributed by atoms with Gasteiger partial charge in [0.05, 0.1) is 11.9 Å². The van der Waals surface area contributed by atoms with Gasteiger partial charge in [-0.05, 0) is 12.1 Å². The van der Waals surface area contributed by atoms with E-state index in [4.69, 9.17) is 4.74 Å². The third-order valence-corrected chi connectivity index (χ3v) is 2.74. The molecule has 80 valence electrons. The highest BCUT2D eigenvalue weighted by atomic mass is 16.5. The van der Waals surface area contributed by atoms with Gasteiger partial charge in [0, 0.05) is 12.4 Å². The number of ketones is 1. The summed E-state index contributed by atoms with van der Waals surface area (Å²) in [6, 6.07) is 7.02. The summed E-state index contributed by atoms with van der Waals surface area (Å²) < 4.78 is 7.34. The lowest BCUT2D eigenvalue weighted by atomic mass is 10.0. The minimum atomic E-state index is -0.294. The van der Waals surface area contributed by atoms with Gasteiger partial charge in [-0.3, -0.25) is 4.79 Å². The van der Waals surface area contributed by atoms with Crippen molar-refractivity contribution in [3.8, 4) is 5.75 Å². The molecule has 0 bridgehead atoms. The number of rotatable bonds is 1. The molecule has 0 spiro atoms. The van der Waals surface area contributed by atoms with Crippen molar-refractivity contribution in [1.82, 2.24) is 9.55 Å². The Bertz CT molecular complexity index is 520. The van der Waals surface area contributed by atoms with Crippen LogP contribution in [0.15, 0.2) is 43.0 Å². The van der Waals surface area contributed by atoms with E-state index in [0.717, 1.165) is 0 Å². The molecule has 0 saturated heterocycles. The van der Waals surface area contributed by atoms with E-state index in [1.165, 1.54) is 0 Å². The Labute approximate surface area is 92.5 Å². The molecule has 0 fully saturated rings. The number of nitrogens with zero attached hydrogens (tertiary/aromatic N) is 2. The lowest BCUT2D eigenvalue weighted by molar-refractivity contribution is 0.0841. The van der Waals surface area contributed by atoms with Crippen LogP contribution in [-0.2, 0) is 0 Å². The van der Waals surface area contributed by atoms with Crippen molar-refractivity contribution in [2.75, 3.05) is 6.61 Å². The molecule has 0 aliphatic carbocycles. The maximum atomic E-state index is 12.2. The van der Waals surface area contributed by atoms with Crippen LogP contribution in [0.5, 0.6) is 5.75 Å². The molecule has 1 aromatic carbocycles. The van der Waals surface area contributed by atoms with E-state index in [1.54, 1.807) is 29.4 Å². The fourth-order valence-corrected chi connectivity index (χ4v) is 1.90. The zero-order chi connectivity index (χ0) is 11.0. The van der Waals surface area contributed by atoms with Crippen LogP contribution in [-0.4, -0.2) is 21.9 Å². The minimum absolute atomic E-state index is 0.0832. The van der Waals surface area contributed by atoms with Crippen LogP contribution in [0.1, 0.15) is 16.4 Å². The van der Waals surface area contributed by atoms with Crippen LogP contribution in [0.25, 0.3) is 0 Å². The fourth-order valence-electron chi connectivity index (χ4n) is 1.90.